The van der Waals surface area contributed by atoms with Crippen LogP contribution in [0.4, 0.5) is 0 Å². The molecule has 1 heterocycles. The number of carbonyl (C=O) groups excluding carboxylic acids is 1. The van der Waals surface area contributed by atoms with Gasteiger partial charge in [-0.25, -0.2) is 0 Å². The number of hydrogen-bond acceptors (Lipinski definition) is 3. The van der Waals surface area contributed by atoms with Gasteiger partial charge in [0.1, 0.15) is 0 Å². The summed E-state index contributed by atoms with van der Waals surface area (Å²) in [4.78, 5) is 18.6. The number of carbonyl (C=O) groups is 1. The molecule has 17 heavy (non-hydrogen) atoms. The SMILES string of the molecule is CN1CCCN(CC(=O)N(C)C(C)(C)C)CC1. The lowest BCUT2D eigenvalue weighted by atomic mass is 10.1. The molecule has 0 bridgehead atoms. The Hall–Kier alpha value is -0.610. The predicted octanol–water partition coefficient (Wildman–Crippen LogP) is 0.881. The molecular formula is C13H27N3O. The maximum Gasteiger partial charge on any atom is 0.236 e. The highest BCUT2D eigenvalue weighted by Gasteiger charge is 2.24. The summed E-state index contributed by atoms with van der Waals surface area (Å²) in [5.74, 6) is 0.224. The van der Waals surface area contributed by atoms with Gasteiger partial charge in [-0.2, -0.15) is 0 Å². The third-order valence-corrected chi connectivity index (χ3v) is 3.55. The Morgan fingerprint density at radius 1 is 1.18 bits per heavy atom. The zero-order chi connectivity index (χ0) is 13.1. The molecule has 1 aliphatic rings. The molecule has 1 amide bonds. The smallest absolute Gasteiger partial charge is 0.236 e. The zero-order valence-electron chi connectivity index (χ0n) is 12.0. The first-order chi connectivity index (χ1) is 7.80. The third-order valence-electron chi connectivity index (χ3n) is 3.55. The molecule has 0 atom stereocenters. The summed E-state index contributed by atoms with van der Waals surface area (Å²) < 4.78 is 0. The molecule has 100 valence electrons. The Morgan fingerprint density at radius 2 is 1.82 bits per heavy atom. The highest BCUT2D eigenvalue weighted by molar-refractivity contribution is 5.78. The van der Waals surface area contributed by atoms with Gasteiger partial charge in [0, 0.05) is 25.7 Å². The molecule has 0 N–H and O–H groups in total. The quantitative estimate of drug-likeness (QED) is 0.718. The van der Waals surface area contributed by atoms with Crippen LogP contribution in [0.5, 0.6) is 0 Å². The third kappa shape index (κ3) is 4.64. The van der Waals surface area contributed by atoms with Crippen LogP contribution in [0.15, 0.2) is 0 Å². The molecule has 0 radical (unpaired) electrons. The van der Waals surface area contributed by atoms with Gasteiger partial charge < -0.3 is 9.80 Å². The normalized spacial score (nSPS) is 20.1. The van der Waals surface area contributed by atoms with Gasteiger partial charge in [0.15, 0.2) is 0 Å². The molecular weight excluding hydrogens is 214 g/mol. The van der Waals surface area contributed by atoms with Gasteiger partial charge in [0.25, 0.3) is 0 Å². The number of amides is 1. The fourth-order valence-electron chi connectivity index (χ4n) is 1.93. The molecule has 0 aromatic rings. The summed E-state index contributed by atoms with van der Waals surface area (Å²) in [6, 6.07) is 0. The van der Waals surface area contributed by atoms with Gasteiger partial charge in [0.2, 0.25) is 5.91 Å². The Bertz CT molecular complexity index is 260. The monoisotopic (exact) mass is 241 g/mol. The van der Waals surface area contributed by atoms with Crippen molar-refractivity contribution < 1.29 is 4.79 Å². The Balaban J connectivity index is 2.45. The highest BCUT2D eigenvalue weighted by atomic mass is 16.2. The maximum atomic E-state index is 12.1. The van der Waals surface area contributed by atoms with E-state index in [1.165, 1.54) is 0 Å². The van der Waals surface area contributed by atoms with E-state index in [2.05, 4.69) is 37.6 Å². The lowest BCUT2D eigenvalue weighted by Crippen LogP contribution is -2.47. The topological polar surface area (TPSA) is 26.8 Å². The summed E-state index contributed by atoms with van der Waals surface area (Å²) in [6.45, 7) is 11.0. The van der Waals surface area contributed by atoms with E-state index in [1.807, 2.05) is 11.9 Å². The van der Waals surface area contributed by atoms with E-state index in [-0.39, 0.29) is 11.4 Å². The molecule has 0 aromatic carbocycles. The van der Waals surface area contributed by atoms with Crippen LogP contribution in [0.1, 0.15) is 27.2 Å². The second-order valence-corrected chi connectivity index (χ2v) is 6.06. The van der Waals surface area contributed by atoms with Crippen molar-refractivity contribution >= 4 is 5.91 Å². The van der Waals surface area contributed by atoms with E-state index < -0.39 is 0 Å². The summed E-state index contributed by atoms with van der Waals surface area (Å²) in [5.41, 5.74) is -0.0836. The van der Waals surface area contributed by atoms with E-state index >= 15 is 0 Å². The second-order valence-electron chi connectivity index (χ2n) is 6.06. The first kappa shape index (κ1) is 14.5. The van der Waals surface area contributed by atoms with Crippen LogP contribution in [0.2, 0.25) is 0 Å². The van der Waals surface area contributed by atoms with Crippen LogP contribution >= 0.6 is 0 Å². The van der Waals surface area contributed by atoms with Gasteiger partial charge in [-0.15, -0.1) is 0 Å². The molecule has 1 aliphatic heterocycles. The molecule has 1 rings (SSSR count). The van der Waals surface area contributed by atoms with Crippen LogP contribution in [0.25, 0.3) is 0 Å². The summed E-state index contributed by atoms with van der Waals surface area (Å²) in [7, 11) is 4.04. The van der Waals surface area contributed by atoms with Crippen LogP contribution in [0, 0.1) is 0 Å². The standard InChI is InChI=1S/C13H27N3O/c1-13(2,3)15(5)12(17)11-16-8-6-7-14(4)9-10-16/h6-11H2,1-5H3. The molecule has 1 saturated heterocycles. The molecule has 0 aliphatic carbocycles. The van der Waals surface area contributed by atoms with E-state index in [1.54, 1.807) is 0 Å². The number of hydrogen-bond donors (Lipinski definition) is 0. The van der Waals surface area contributed by atoms with Crippen LogP contribution < -0.4 is 0 Å². The molecule has 0 aromatic heterocycles. The number of nitrogens with zero attached hydrogens (tertiary/aromatic N) is 3. The highest BCUT2D eigenvalue weighted by Crippen LogP contribution is 2.11. The molecule has 0 spiro atoms. The van der Waals surface area contributed by atoms with Crippen LogP contribution in [-0.4, -0.2) is 73.0 Å². The average molecular weight is 241 g/mol. The molecule has 1 fully saturated rings. The van der Waals surface area contributed by atoms with Gasteiger partial charge in [-0.05, 0) is 47.3 Å². The predicted molar refractivity (Wildman–Crippen MR) is 71.1 cm³/mol. The van der Waals surface area contributed by atoms with Gasteiger partial charge >= 0.3 is 0 Å². The molecule has 4 heteroatoms. The molecule has 0 unspecified atom stereocenters. The summed E-state index contributed by atoms with van der Waals surface area (Å²) in [5, 5.41) is 0. The average Bonchev–Trinajstić information content (AvgIpc) is 2.41. The fourth-order valence-corrected chi connectivity index (χ4v) is 1.93. The largest absolute Gasteiger partial charge is 0.340 e. The van der Waals surface area contributed by atoms with Crippen molar-refractivity contribution in [1.29, 1.82) is 0 Å². The van der Waals surface area contributed by atoms with Crippen LogP contribution in [0.3, 0.4) is 0 Å². The fraction of sp³-hybridized carbons (Fsp3) is 0.923. The van der Waals surface area contributed by atoms with Crippen LogP contribution in [-0.2, 0) is 4.79 Å². The molecule has 4 nitrogen and oxygen atoms in total. The first-order valence-electron chi connectivity index (χ1n) is 6.48. The second kappa shape index (κ2) is 5.83. The van der Waals surface area contributed by atoms with Gasteiger partial charge in [0.05, 0.1) is 6.54 Å². The minimum absolute atomic E-state index is 0.0836. The summed E-state index contributed by atoms with van der Waals surface area (Å²) >= 11 is 0. The van der Waals surface area contributed by atoms with E-state index in [4.69, 9.17) is 0 Å². The van der Waals surface area contributed by atoms with Crippen molar-refractivity contribution in [3.8, 4) is 0 Å². The van der Waals surface area contributed by atoms with Crippen molar-refractivity contribution in [2.24, 2.45) is 0 Å². The number of rotatable bonds is 2. The van der Waals surface area contributed by atoms with Crippen molar-refractivity contribution in [2.75, 3.05) is 46.8 Å². The van der Waals surface area contributed by atoms with E-state index in [9.17, 15) is 4.79 Å². The molecule has 0 saturated carbocycles. The summed E-state index contributed by atoms with van der Waals surface area (Å²) in [6.07, 6.45) is 1.16. The van der Waals surface area contributed by atoms with Crippen molar-refractivity contribution in [1.82, 2.24) is 14.7 Å². The lowest BCUT2D eigenvalue weighted by molar-refractivity contribution is -0.135. The van der Waals surface area contributed by atoms with Crippen molar-refractivity contribution in [3.63, 3.8) is 0 Å². The Kier molecular flexibility index (Phi) is 4.95. The first-order valence-corrected chi connectivity index (χ1v) is 6.48. The minimum atomic E-state index is -0.0836. The van der Waals surface area contributed by atoms with Crippen molar-refractivity contribution in [3.05, 3.63) is 0 Å². The van der Waals surface area contributed by atoms with E-state index in [0.29, 0.717) is 6.54 Å². The lowest BCUT2D eigenvalue weighted by Gasteiger charge is -2.33. The van der Waals surface area contributed by atoms with E-state index in [0.717, 1.165) is 32.6 Å². The number of likely N-dealkylation sites (N-methyl/N-ethyl adjacent to an activating group) is 2. The van der Waals surface area contributed by atoms with Gasteiger partial charge in [-0.1, -0.05) is 0 Å². The zero-order valence-corrected chi connectivity index (χ0v) is 12.0. The Morgan fingerprint density at radius 3 is 2.41 bits per heavy atom. The Labute approximate surface area is 106 Å². The van der Waals surface area contributed by atoms with Gasteiger partial charge in [-0.3, -0.25) is 9.69 Å². The minimum Gasteiger partial charge on any atom is -0.340 e. The maximum absolute atomic E-state index is 12.1. The van der Waals surface area contributed by atoms with Crippen molar-refractivity contribution in [2.45, 2.75) is 32.7 Å².